The summed E-state index contributed by atoms with van der Waals surface area (Å²) in [6.45, 7) is 0.0959. The van der Waals surface area contributed by atoms with Gasteiger partial charge in [0.05, 0.1) is 27.6 Å². The highest BCUT2D eigenvalue weighted by molar-refractivity contribution is 5.76. The lowest BCUT2D eigenvalue weighted by Gasteiger charge is -2.05. The molecule has 6 amide bonds. The van der Waals surface area contributed by atoms with Crippen molar-refractivity contribution < 1.29 is 28.7 Å². The number of amides is 6. The number of hydrogen-bond acceptors (Lipinski definition) is 6. The predicted octanol–water partition coefficient (Wildman–Crippen LogP) is -1.54. The summed E-state index contributed by atoms with van der Waals surface area (Å²) >= 11 is 0. The van der Waals surface area contributed by atoms with Crippen molar-refractivity contribution in [3.8, 4) is 0 Å². The second-order valence-corrected chi connectivity index (χ2v) is 3.20. The molecule has 0 aliphatic carbocycles. The normalized spacial score (nSPS) is 8.18. The number of urea groups is 2. The molecule has 0 bridgehead atoms. The Balaban J connectivity index is 0. The van der Waals surface area contributed by atoms with Gasteiger partial charge in [-0.25, -0.2) is 19.2 Å². The predicted molar refractivity (Wildman–Crippen MR) is 76.0 cm³/mol. The van der Waals surface area contributed by atoms with Gasteiger partial charge in [0.2, 0.25) is 0 Å². The topological polar surface area (TPSA) is 159 Å². The third-order valence-corrected chi connectivity index (χ3v) is 1.79. The maximum absolute atomic E-state index is 10.5. The molecule has 0 rings (SSSR count). The Labute approximate surface area is 127 Å². The van der Waals surface area contributed by atoms with Crippen LogP contribution in [0.15, 0.2) is 0 Å². The summed E-state index contributed by atoms with van der Waals surface area (Å²) in [7, 11) is 5.45. The van der Waals surface area contributed by atoms with E-state index in [4.69, 9.17) is 0 Å². The van der Waals surface area contributed by atoms with Gasteiger partial charge in [0, 0.05) is 14.1 Å². The summed E-state index contributed by atoms with van der Waals surface area (Å²) in [5, 5.41) is 13.9. The fourth-order valence-electron chi connectivity index (χ4n) is 0.714. The van der Waals surface area contributed by atoms with E-state index in [1.807, 2.05) is 0 Å². The first-order valence-corrected chi connectivity index (χ1v) is 5.96. The lowest BCUT2D eigenvalue weighted by Crippen LogP contribution is -2.43. The highest BCUT2D eigenvalue weighted by Gasteiger charge is 1.99. The van der Waals surface area contributed by atoms with Crippen molar-refractivity contribution in [1.82, 2.24) is 31.9 Å². The summed E-state index contributed by atoms with van der Waals surface area (Å²) < 4.78 is 8.45. The smallest absolute Gasteiger partial charge is 0.408 e. The molecule has 128 valence electrons. The van der Waals surface area contributed by atoms with Gasteiger partial charge in [-0.15, -0.1) is 0 Å². The minimum absolute atomic E-state index is 0.0145. The quantitative estimate of drug-likeness (QED) is 0.344. The van der Waals surface area contributed by atoms with E-state index in [0.29, 0.717) is 0 Å². The fraction of sp³-hybridized carbons (Fsp3) is 0.600. The van der Waals surface area contributed by atoms with Crippen molar-refractivity contribution in [2.24, 2.45) is 0 Å². The molecule has 6 N–H and O–H groups in total. The van der Waals surface area contributed by atoms with Crippen LogP contribution in [0.3, 0.4) is 0 Å². The number of hydrogen-bond donors (Lipinski definition) is 6. The Bertz CT molecular complexity index is 298. The monoisotopic (exact) mass is 322 g/mol. The molecule has 0 aromatic carbocycles. The lowest BCUT2D eigenvalue weighted by molar-refractivity contribution is 0.162. The molecule has 0 aliphatic rings. The van der Waals surface area contributed by atoms with Crippen LogP contribution in [0.2, 0.25) is 0 Å². The van der Waals surface area contributed by atoms with Crippen LogP contribution in [-0.4, -0.2) is 65.9 Å². The zero-order chi connectivity index (χ0) is 17.4. The van der Waals surface area contributed by atoms with Crippen molar-refractivity contribution in [2.75, 3.05) is 41.7 Å². The Morgan fingerprint density at radius 2 is 1.00 bits per heavy atom. The summed E-state index contributed by atoms with van der Waals surface area (Å²) in [6, 6.07) is -0.664. The number of carbonyl (C=O) groups excluding carboxylic acids is 4. The van der Waals surface area contributed by atoms with Crippen LogP contribution < -0.4 is 31.9 Å². The number of nitrogens with one attached hydrogen (secondary N) is 6. The van der Waals surface area contributed by atoms with Gasteiger partial charge in [0.25, 0.3) is 0 Å². The van der Waals surface area contributed by atoms with E-state index in [1.54, 1.807) is 0 Å². The zero-order valence-electron chi connectivity index (χ0n) is 12.9. The van der Waals surface area contributed by atoms with Crippen molar-refractivity contribution >= 4 is 24.2 Å². The number of methoxy groups -OCH3 is 2. The lowest BCUT2D eigenvalue weighted by atomic mass is 10.8. The third kappa shape index (κ3) is 15.1. The summed E-state index contributed by atoms with van der Waals surface area (Å²) in [5.41, 5.74) is 0. The van der Waals surface area contributed by atoms with Gasteiger partial charge >= 0.3 is 24.2 Å². The first-order valence-electron chi connectivity index (χ1n) is 5.96. The molecule has 0 aliphatic heterocycles. The van der Waals surface area contributed by atoms with E-state index in [2.05, 4.69) is 41.4 Å². The van der Waals surface area contributed by atoms with E-state index in [1.165, 1.54) is 28.3 Å². The summed E-state index contributed by atoms with van der Waals surface area (Å²) in [6.07, 6.45) is -1.22. The van der Waals surface area contributed by atoms with Crippen molar-refractivity contribution in [1.29, 1.82) is 0 Å². The molecule has 0 aromatic heterocycles. The van der Waals surface area contributed by atoms with Gasteiger partial charge in [-0.3, -0.25) is 0 Å². The Hall–Kier alpha value is -2.92. The highest BCUT2D eigenvalue weighted by Crippen LogP contribution is 1.70. The summed E-state index contributed by atoms with van der Waals surface area (Å²) in [4.78, 5) is 41.7. The maximum atomic E-state index is 10.5. The van der Waals surface area contributed by atoms with Crippen molar-refractivity contribution in [2.45, 2.75) is 0 Å². The minimum atomic E-state index is -0.610. The fourth-order valence-corrected chi connectivity index (χ4v) is 0.714. The minimum Gasteiger partial charge on any atom is -0.453 e. The molecule has 12 nitrogen and oxygen atoms in total. The Morgan fingerprint density at radius 1 is 0.682 bits per heavy atom. The van der Waals surface area contributed by atoms with Crippen LogP contribution in [0.25, 0.3) is 0 Å². The molecular weight excluding hydrogens is 300 g/mol. The van der Waals surface area contributed by atoms with E-state index in [0.717, 1.165) is 0 Å². The second-order valence-electron chi connectivity index (χ2n) is 3.20. The molecule has 0 saturated heterocycles. The van der Waals surface area contributed by atoms with Crippen LogP contribution in [0.4, 0.5) is 19.2 Å². The Kier molecular flexibility index (Phi) is 14.1. The second kappa shape index (κ2) is 14.5. The van der Waals surface area contributed by atoms with E-state index in [9.17, 15) is 19.2 Å². The maximum Gasteiger partial charge on any atom is 0.408 e. The largest absolute Gasteiger partial charge is 0.453 e. The molecule has 0 saturated carbocycles. The van der Waals surface area contributed by atoms with E-state index in [-0.39, 0.29) is 25.4 Å². The van der Waals surface area contributed by atoms with Crippen LogP contribution in [-0.2, 0) is 9.47 Å². The molecule has 0 radical (unpaired) electrons. The van der Waals surface area contributed by atoms with Crippen LogP contribution in [0.5, 0.6) is 0 Å². The van der Waals surface area contributed by atoms with Gasteiger partial charge in [0.1, 0.15) is 0 Å². The first kappa shape index (κ1) is 21.4. The number of ether oxygens (including phenoxy) is 2. The molecule has 0 atom stereocenters. The molecule has 0 spiro atoms. The molecule has 22 heavy (non-hydrogen) atoms. The number of alkyl carbamates (subject to hydrolysis) is 2. The zero-order valence-corrected chi connectivity index (χ0v) is 12.9. The van der Waals surface area contributed by atoms with Crippen LogP contribution >= 0.6 is 0 Å². The third-order valence-electron chi connectivity index (χ3n) is 1.79. The van der Waals surface area contributed by atoms with Crippen molar-refractivity contribution in [3.05, 3.63) is 0 Å². The average Bonchev–Trinajstić information content (AvgIpc) is 2.54. The standard InChI is InChI=1S/C5H12N4O2.C5H10N2O4/c1-6-4(10)8-3-9-5(11)7-2;1-10-4(8)6-3-7-5(9)11-2/h3H2,1-2H3,(H2,6,8,10)(H2,7,9,11);3H2,1-2H3,(H,6,8)(H,7,9). The van der Waals surface area contributed by atoms with Gasteiger partial charge in [-0.2, -0.15) is 0 Å². The molecule has 12 heteroatoms. The molecule has 0 heterocycles. The van der Waals surface area contributed by atoms with Crippen molar-refractivity contribution in [3.63, 3.8) is 0 Å². The van der Waals surface area contributed by atoms with Gasteiger partial charge in [0.15, 0.2) is 0 Å². The van der Waals surface area contributed by atoms with E-state index >= 15 is 0 Å². The highest BCUT2D eigenvalue weighted by atomic mass is 16.5. The number of carbonyl (C=O) groups is 4. The molecule has 0 fully saturated rings. The van der Waals surface area contributed by atoms with Gasteiger partial charge < -0.3 is 41.4 Å². The van der Waals surface area contributed by atoms with Gasteiger partial charge in [-0.1, -0.05) is 0 Å². The van der Waals surface area contributed by atoms with E-state index < -0.39 is 12.2 Å². The van der Waals surface area contributed by atoms with Crippen LogP contribution in [0.1, 0.15) is 0 Å². The number of rotatable bonds is 4. The average molecular weight is 322 g/mol. The molecule has 0 aromatic rings. The SMILES string of the molecule is CNC(=O)NCNC(=O)NC.COC(=O)NCNC(=O)OC. The first-order chi connectivity index (χ1) is 10.4. The Morgan fingerprint density at radius 3 is 1.27 bits per heavy atom. The summed E-state index contributed by atoms with van der Waals surface area (Å²) in [5.74, 6) is 0. The molecular formula is C10H22N6O6. The van der Waals surface area contributed by atoms with Gasteiger partial charge in [-0.05, 0) is 0 Å². The van der Waals surface area contributed by atoms with Crippen LogP contribution in [0, 0.1) is 0 Å². The molecule has 0 unspecified atom stereocenters.